The van der Waals surface area contributed by atoms with E-state index in [1.54, 1.807) is 7.05 Å². The van der Waals surface area contributed by atoms with E-state index >= 15 is 0 Å². The minimum Gasteiger partial charge on any atom is -0.633 e. The minimum absolute atomic E-state index is 0.156. The first-order valence-electron chi connectivity index (χ1n) is 3.76. The van der Waals surface area contributed by atoms with Gasteiger partial charge in [0.05, 0.1) is 13.1 Å². The van der Waals surface area contributed by atoms with Gasteiger partial charge in [-0.3, -0.25) is 0 Å². The molecule has 0 aromatic rings. The van der Waals surface area contributed by atoms with Gasteiger partial charge in [-0.25, -0.2) is 0 Å². The normalized spacial score (nSPS) is 49.2. The molecule has 0 unspecified atom stereocenters. The van der Waals surface area contributed by atoms with Crippen molar-refractivity contribution in [3.8, 4) is 0 Å². The average molecular weight is 145 g/mol. The van der Waals surface area contributed by atoms with E-state index < -0.39 is 0 Å². The Morgan fingerprint density at radius 3 is 2.50 bits per heavy atom. The number of hydroxylamine groups is 3. The lowest BCUT2D eigenvalue weighted by atomic mass is 10.0. The van der Waals surface area contributed by atoms with Crippen molar-refractivity contribution in [3.05, 3.63) is 5.21 Å². The summed E-state index contributed by atoms with van der Waals surface area (Å²) in [4.78, 5) is 0. The Bertz CT molecular complexity index is 125. The number of piperidine rings is 1. The fourth-order valence-electron chi connectivity index (χ4n) is 1.40. The molecular weight excluding hydrogens is 130 g/mol. The first-order chi connectivity index (χ1) is 4.52. The zero-order chi connectivity index (χ0) is 7.78. The Balaban J connectivity index is 2.55. The second-order valence-corrected chi connectivity index (χ2v) is 3.44. The fourth-order valence-corrected chi connectivity index (χ4v) is 1.40. The molecule has 3 nitrogen and oxygen atoms in total. The smallest absolute Gasteiger partial charge is 0.105 e. The number of nitrogens with zero attached hydrogens (tertiary/aromatic N) is 1. The van der Waals surface area contributed by atoms with Crippen LogP contribution < -0.4 is 0 Å². The molecule has 3 atom stereocenters. The third-order valence-electron chi connectivity index (χ3n) is 2.42. The second kappa shape index (κ2) is 2.49. The molecule has 0 amide bonds. The molecule has 1 heterocycles. The van der Waals surface area contributed by atoms with Gasteiger partial charge in [0.15, 0.2) is 0 Å². The monoisotopic (exact) mass is 145 g/mol. The molecule has 0 aromatic carbocycles. The first kappa shape index (κ1) is 7.98. The molecule has 1 saturated heterocycles. The molecule has 0 aromatic heterocycles. The van der Waals surface area contributed by atoms with Gasteiger partial charge in [0.2, 0.25) is 0 Å². The zero-order valence-corrected chi connectivity index (χ0v) is 6.58. The molecule has 10 heavy (non-hydrogen) atoms. The molecular formula is C7H15NO2. The van der Waals surface area contributed by atoms with Gasteiger partial charge in [-0.05, 0) is 13.3 Å². The third-order valence-corrected chi connectivity index (χ3v) is 2.42. The van der Waals surface area contributed by atoms with Gasteiger partial charge < -0.3 is 15.0 Å². The van der Waals surface area contributed by atoms with Crippen molar-refractivity contribution < 1.29 is 9.75 Å². The van der Waals surface area contributed by atoms with E-state index in [2.05, 4.69) is 0 Å². The van der Waals surface area contributed by atoms with Crippen LogP contribution in [0.3, 0.4) is 0 Å². The van der Waals surface area contributed by atoms with E-state index in [-0.39, 0.29) is 16.8 Å². The highest BCUT2D eigenvalue weighted by atomic mass is 16.5. The molecule has 0 aliphatic carbocycles. The number of aliphatic hydroxyl groups excluding tert-OH is 1. The molecule has 3 heteroatoms. The maximum atomic E-state index is 11.4. The van der Waals surface area contributed by atoms with Gasteiger partial charge in [0.1, 0.15) is 12.6 Å². The molecule has 0 radical (unpaired) electrons. The number of rotatable bonds is 0. The minimum atomic E-state index is -0.376. The van der Waals surface area contributed by atoms with E-state index in [0.29, 0.717) is 6.54 Å². The summed E-state index contributed by atoms with van der Waals surface area (Å²) < 4.78 is -0.277. The van der Waals surface area contributed by atoms with Crippen LogP contribution in [0.15, 0.2) is 0 Å². The first-order valence-corrected chi connectivity index (χ1v) is 3.76. The number of likely N-dealkylation sites (tertiary alicyclic amines) is 1. The van der Waals surface area contributed by atoms with Crippen LogP contribution in [0.5, 0.6) is 0 Å². The summed E-state index contributed by atoms with van der Waals surface area (Å²) in [6.07, 6.45) is 1.26. The molecule has 1 aliphatic rings. The third kappa shape index (κ3) is 1.48. The Hall–Kier alpha value is -0.120. The van der Waals surface area contributed by atoms with Crippen molar-refractivity contribution >= 4 is 0 Å². The summed E-state index contributed by atoms with van der Waals surface area (Å²) in [7, 11) is 1.63. The number of aliphatic hydroxyl groups is 1. The van der Waals surface area contributed by atoms with Crippen LogP contribution in [-0.2, 0) is 0 Å². The van der Waals surface area contributed by atoms with Gasteiger partial charge in [-0.15, -0.1) is 0 Å². The second-order valence-electron chi connectivity index (χ2n) is 3.44. The number of quaternary nitrogens is 1. The van der Waals surface area contributed by atoms with Crippen LogP contribution in [0.4, 0.5) is 0 Å². The van der Waals surface area contributed by atoms with Crippen LogP contribution in [0.1, 0.15) is 19.8 Å². The molecule has 1 aliphatic heterocycles. The SMILES string of the molecule is C[C@@H]1CC[C@H](O)C[N@+]1(C)[O-]. The van der Waals surface area contributed by atoms with Crippen LogP contribution in [0.25, 0.3) is 0 Å². The Morgan fingerprint density at radius 1 is 1.50 bits per heavy atom. The topological polar surface area (TPSA) is 43.3 Å². The van der Waals surface area contributed by atoms with E-state index in [0.717, 1.165) is 12.8 Å². The predicted molar refractivity (Wildman–Crippen MR) is 39.1 cm³/mol. The van der Waals surface area contributed by atoms with Crippen LogP contribution in [0, 0.1) is 5.21 Å². The lowest BCUT2D eigenvalue weighted by Gasteiger charge is -2.48. The van der Waals surface area contributed by atoms with E-state index in [9.17, 15) is 5.21 Å². The summed E-state index contributed by atoms with van der Waals surface area (Å²) in [6, 6.07) is 0.156. The van der Waals surface area contributed by atoms with Crippen LogP contribution in [-0.4, -0.2) is 35.5 Å². The van der Waals surface area contributed by atoms with Gasteiger partial charge in [0, 0.05) is 6.42 Å². The highest BCUT2D eigenvalue weighted by Gasteiger charge is 2.29. The van der Waals surface area contributed by atoms with Crippen molar-refractivity contribution in [2.75, 3.05) is 13.6 Å². The largest absolute Gasteiger partial charge is 0.633 e. The Labute approximate surface area is 61.4 Å². The van der Waals surface area contributed by atoms with Crippen LogP contribution >= 0.6 is 0 Å². The van der Waals surface area contributed by atoms with Crippen molar-refractivity contribution in [1.29, 1.82) is 0 Å². The highest BCUT2D eigenvalue weighted by molar-refractivity contribution is 4.67. The molecule has 0 saturated carbocycles. The van der Waals surface area contributed by atoms with Crippen molar-refractivity contribution in [3.63, 3.8) is 0 Å². The fraction of sp³-hybridized carbons (Fsp3) is 1.00. The van der Waals surface area contributed by atoms with Crippen molar-refractivity contribution in [1.82, 2.24) is 0 Å². The van der Waals surface area contributed by atoms with E-state index in [4.69, 9.17) is 5.11 Å². The standard InChI is InChI=1S/C7H15NO2/c1-6-3-4-7(9)5-8(6,2)10/h6-7,9H,3-5H2,1-2H3/t6-,7+,8+/m1/s1. The summed E-state index contributed by atoms with van der Waals surface area (Å²) in [5.74, 6) is 0. The summed E-state index contributed by atoms with van der Waals surface area (Å²) in [5.41, 5.74) is 0. The molecule has 1 fully saturated rings. The summed E-state index contributed by atoms with van der Waals surface area (Å²) in [6.45, 7) is 2.31. The molecule has 1 N–H and O–H groups in total. The lowest BCUT2D eigenvalue weighted by Crippen LogP contribution is -2.53. The molecule has 1 rings (SSSR count). The maximum absolute atomic E-state index is 11.4. The summed E-state index contributed by atoms with van der Waals surface area (Å²) >= 11 is 0. The average Bonchev–Trinajstić information content (AvgIpc) is 1.78. The zero-order valence-electron chi connectivity index (χ0n) is 6.58. The summed E-state index contributed by atoms with van der Waals surface area (Å²) in [5, 5.41) is 20.6. The van der Waals surface area contributed by atoms with Gasteiger partial charge in [-0.1, -0.05) is 0 Å². The van der Waals surface area contributed by atoms with Crippen molar-refractivity contribution in [2.24, 2.45) is 0 Å². The van der Waals surface area contributed by atoms with Gasteiger partial charge in [-0.2, -0.15) is 0 Å². The quantitative estimate of drug-likeness (QED) is 0.398. The molecule has 0 bridgehead atoms. The lowest BCUT2D eigenvalue weighted by molar-refractivity contribution is -0.893. The van der Waals surface area contributed by atoms with Gasteiger partial charge in [0.25, 0.3) is 0 Å². The maximum Gasteiger partial charge on any atom is 0.105 e. The van der Waals surface area contributed by atoms with E-state index in [1.165, 1.54) is 0 Å². The Kier molecular flexibility index (Phi) is 1.99. The highest BCUT2D eigenvalue weighted by Crippen LogP contribution is 2.21. The number of hydrogen-bond donors (Lipinski definition) is 1. The van der Waals surface area contributed by atoms with Gasteiger partial charge >= 0.3 is 0 Å². The van der Waals surface area contributed by atoms with Crippen LogP contribution in [0.2, 0.25) is 0 Å². The number of likely N-dealkylation sites (N-methyl/N-ethyl adjacent to an activating group) is 1. The van der Waals surface area contributed by atoms with E-state index in [1.807, 2.05) is 6.92 Å². The molecule has 60 valence electrons. The predicted octanol–water partition coefficient (Wildman–Crippen LogP) is 0.474. The van der Waals surface area contributed by atoms with Crippen molar-refractivity contribution in [2.45, 2.75) is 31.9 Å². The number of hydrogen-bond acceptors (Lipinski definition) is 2. The molecule has 0 spiro atoms. The Morgan fingerprint density at radius 2 is 2.10 bits per heavy atom.